The van der Waals surface area contributed by atoms with E-state index in [0.29, 0.717) is 11.2 Å². The number of halogens is 1. The molecule has 3 heteroatoms. The number of rotatable bonds is 2. The Balaban J connectivity index is 2.01. The molecule has 15 heavy (non-hydrogen) atoms. The quantitative estimate of drug-likeness (QED) is 0.556. The highest BCUT2D eigenvalue weighted by Crippen LogP contribution is 2.20. The summed E-state index contributed by atoms with van der Waals surface area (Å²) < 4.78 is 0. The summed E-state index contributed by atoms with van der Waals surface area (Å²) in [6.45, 7) is 0. The van der Waals surface area contributed by atoms with Crippen molar-refractivity contribution in [2.45, 2.75) is 38.1 Å². The van der Waals surface area contributed by atoms with Gasteiger partial charge in [-0.25, -0.2) is 4.98 Å². The van der Waals surface area contributed by atoms with Crippen molar-refractivity contribution >= 4 is 17.8 Å². The van der Waals surface area contributed by atoms with Crippen LogP contribution in [0.5, 0.6) is 0 Å². The van der Waals surface area contributed by atoms with Crippen molar-refractivity contribution in [1.82, 2.24) is 4.98 Å². The van der Waals surface area contributed by atoms with Gasteiger partial charge in [0.1, 0.15) is 5.15 Å². The fourth-order valence-corrected chi connectivity index (χ4v) is 2.08. The highest BCUT2D eigenvalue weighted by atomic mass is 35.5. The lowest BCUT2D eigenvalue weighted by molar-refractivity contribution is 0.444. The zero-order valence-corrected chi connectivity index (χ0v) is 9.45. The summed E-state index contributed by atoms with van der Waals surface area (Å²) in [5.41, 5.74) is 0.921. The Morgan fingerprint density at radius 3 is 2.87 bits per heavy atom. The molecular formula is C12H15ClN2. The van der Waals surface area contributed by atoms with E-state index in [9.17, 15) is 0 Å². The second kappa shape index (κ2) is 5.26. The van der Waals surface area contributed by atoms with Crippen LogP contribution in [-0.2, 0) is 0 Å². The smallest absolute Gasteiger partial charge is 0.137 e. The van der Waals surface area contributed by atoms with Crippen LogP contribution in [0.25, 0.3) is 0 Å². The summed E-state index contributed by atoms with van der Waals surface area (Å²) >= 11 is 5.94. The monoisotopic (exact) mass is 222 g/mol. The number of hydrogen-bond acceptors (Lipinski definition) is 2. The fourth-order valence-electron chi connectivity index (χ4n) is 1.91. The van der Waals surface area contributed by atoms with E-state index in [4.69, 9.17) is 11.6 Å². The average Bonchev–Trinajstić information content (AvgIpc) is 2.29. The third kappa shape index (κ3) is 3.03. The molecule has 2 rings (SSSR count). The summed E-state index contributed by atoms with van der Waals surface area (Å²) in [5.74, 6) is 0. The number of aliphatic imine (C=N–C) groups is 1. The van der Waals surface area contributed by atoms with Gasteiger partial charge in [0.25, 0.3) is 0 Å². The molecule has 0 aliphatic heterocycles. The molecule has 0 saturated heterocycles. The topological polar surface area (TPSA) is 25.2 Å². The largest absolute Gasteiger partial charge is 0.289 e. The standard InChI is InChI=1S/C12H15ClN2/c13-12-10(5-4-8-14-12)9-15-11-6-2-1-3-7-11/h4-5,8-9,11H,1-3,6-7H2. The van der Waals surface area contributed by atoms with Crippen molar-refractivity contribution in [1.29, 1.82) is 0 Å². The van der Waals surface area contributed by atoms with Crippen molar-refractivity contribution in [3.63, 3.8) is 0 Å². The predicted octanol–water partition coefficient (Wildman–Crippen LogP) is 3.49. The van der Waals surface area contributed by atoms with Crippen LogP contribution in [-0.4, -0.2) is 17.2 Å². The highest BCUT2D eigenvalue weighted by molar-refractivity contribution is 6.31. The molecule has 0 amide bonds. The fraction of sp³-hybridized carbons (Fsp3) is 0.500. The van der Waals surface area contributed by atoms with Crippen molar-refractivity contribution in [3.05, 3.63) is 29.0 Å². The molecule has 0 atom stereocenters. The molecule has 0 N–H and O–H groups in total. The Morgan fingerprint density at radius 2 is 2.13 bits per heavy atom. The van der Waals surface area contributed by atoms with Gasteiger partial charge in [-0.2, -0.15) is 0 Å². The summed E-state index contributed by atoms with van der Waals surface area (Å²) in [6, 6.07) is 4.32. The van der Waals surface area contributed by atoms with E-state index in [2.05, 4.69) is 9.98 Å². The first-order chi connectivity index (χ1) is 7.36. The predicted molar refractivity (Wildman–Crippen MR) is 63.7 cm³/mol. The first-order valence-electron chi connectivity index (χ1n) is 5.50. The maximum Gasteiger partial charge on any atom is 0.137 e. The van der Waals surface area contributed by atoms with Gasteiger partial charge in [0, 0.05) is 24.0 Å². The molecule has 1 aromatic heterocycles. The van der Waals surface area contributed by atoms with Crippen LogP contribution in [0.15, 0.2) is 23.3 Å². The summed E-state index contributed by atoms with van der Waals surface area (Å²) in [7, 11) is 0. The maximum absolute atomic E-state index is 5.94. The van der Waals surface area contributed by atoms with E-state index >= 15 is 0 Å². The molecule has 80 valence electrons. The molecule has 0 spiro atoms. The molecule has 1 aliphatic carbocycles. The molecule has 0 bridgehead atoms. The lowest BCUT2D eigenvalue weighted by Gasteiger charge is -2.17. The molecule has 0 aromatic carbocycles. The number of pyridine rings is 1. The van der Waals surface area contributed by atoms with Crippen LogP contribution in [0.4, 0.5) is 0 Å². The van der Waals surface area contributed by atoms with Crippen LogP contribution in [0, 0.1) is 0 Å². The third-order valence-electron chi connectivity index (χ3n) is 2.79. The van der Waals surface area contributed by atoms with Crippen molar-refractivity contribution in [2.75, 3.05) is 0 Å². The second-order valence-corrected chi connectivity index (χ2v) is 4.31. The van der Waals surface area contributed by atoms with Crippen molar-refractivity contribution < 1.29 is 0 Å². The minimum atomic E-state index is 0.495. The Kier molecular flexibility index (Phi) is 3.73. The lowest BCUT2D eigenvalue weighted by atomic mass is 9.96. The van der Waals surface area contributed by atoms with Crippen LogP contribution < -0.4 is 0 Å². The number of hydrogen-bond donors (Lipinski definition) is 0. The van der Waals surface area contributed by atoms with Gasteiger partial charge < -0.3 is 0 Å². The van der Waals surface area contributed by atoms with E-state index < -0.39 is 0 Å². The summed E-state index contributed by atoms with van der Waals surface area (Å²) in [4.78, 5) is 8.58. The summed E-state index contributed by atoms with van der Waals surface area (Å²) in [5, 5.41) is 0.539. The van der Waals surface area contributed by atoms with Gasteiger partial charge in [-0.3, -0.25) is 4.99 Å². The second-order valence-electron chi connectivity index (χ2n) is 3.95. The van der Waals surface area contributed by atoms with Gasteiger partial charge in [0.15, 0.2) is 0 Å². The Morgan fingerprint density at radius 1 is 1.33 bits per heavy atom. The first-order valence-corrected chi connectivity index (χ1v) is 5.88. The van der Waals surface area contributed by atoms with Gasteiger partial charge in [-0.05, 0) is 25.0 Å². The van der Waals surface area contributed by atoms with Crippen molar-refractivity contribution in [2.24, 2.45) is 4.99 Å². The SMILES string of the molecule is Clc1ncccc1C=NC1CCCCC1. The highest BCUT2D eigenvalue weighted by Gasteiger charge is 2.10. The van der Waals surface area contributed by atoms with Crippen LogP contribution >= 0.6 is 11.6 Å². The summed E-state index contributed by atoms with van der Waals surface area (Å²) in [6.07, 6.45) is 9.97. The Bertz CT molecular complexity index is 343. The lowest BCUT2D eigenvalue weighted by Crippen LogP contribution is -2.09. The molecule has 1 aliphatic rings. The molecular weight excluding hydrogens is 208 g/mol. The molecule has 1 heterocycles. The first kappa shape index (κ1) is 10.6. The van der Waals surface area contributed by atoms with Gasteiger partial charge in [-0.1, -0.05) is 30.9 Å². The zero-order valence-electron chi connectivity index (χ0n) is 8.69. The minimum absolute atomic E-state index is 0.495. The Hall–Kier alpha value is -0.890. The number of aromatic nitrogens is 1. The zero-order chi connectivity index (χ0) is 10.5. The average molecular weight is 223 g/mol. The van der Waals surface area contributed by atoms with Gasteiger partial charge in [-0.15, -0.1) is 0 Å². The minimum Gasteiger partial charge on any atom is -0.289 e. The third-order valence-corrected chi connectivity index (χ3v) is 3.10. The van der Waals surface area contributed by atoms with Crippen LogP contribution in [0.1, 0.15) is 37.7 Å². The maximum atomic E-state index is 5.94. The molecule has 0 radical (unpaired) electrons. The molecule has 2 nitrogen and oxygen atoms in total. The van der Waals surface area contributed by atoms with Crippen LogP contribution in [0.2, 0.25) is 5.15 Å². The van der Waals surface area contributed by atoms with Crippen molar-refractivity contribution in [3.8, 4) is 0 Å². The van der Waals surface area contributed by atoms with E-state index in [0.717, 1.165) is 5.56 Å². The van der Waals surface area contributed by atoms with E-state index in [1.54, 1.807) is 6.20 Å². The normalized spacial score (nSPS) is 18.5. The van der Waals surface area contributed by atoms with Gasteiger partial charge in [0.2, 0.25) is 0 Å². The molecule has 0 unspecified atom stereocenters. The molecule has 1 aromatic rings. The van der Waals surface area contributed by atoms with Crippen LogP contribution in [0.3, 0.4) is 0 Å². The molecule has 1 saturated carbocycles. The van der Waals surface area contributed by atoms with E-state index in [-0.39, 0.29) is 0 Å². The van der Waals surface area contributed by atoms with E-state index in [1.807, 2.05) is 18.3 Å². The Labute approximate surface area is 95.4 Å². The number of nitrogens with zero attached hydrogens (tertiary/aromatic N) is 2. The van der Waals surface area contributed by atoms with Gasteiger partial charge in [0.05, 0.1) is 0 Å². The van der Waals surface area contributed by atoms with Gasteiger partial charge >= 0.3 is 0 Å². The molecule has 1 fully saturated rings. The van der Waals surface area contributed by atoms with E-state index in [1.165, 1.54) is 32.1 Å².